The molecular weight excluding hydrogens is 582 g/mol. The molecule has 0 aliphatic carbocycles. The minimum atomic E-state index is -1.05. The van der Waals surface area contributed by atoms with Gasteiger partial charge in [0.15, 0.2) is 0 Å². The van der Waals surface area contributed by atoms with Crippen molar-refractivity contribution >= 4 is 30.0 Å². The van der Waals surface area contributed by atoms with Crippen molar-refractivity contribution in [2.45, 2.75) is 25.9 Å². The number of carbonyl (C=O) groups is 2. The molecule has 2 aromatic rings. The summed E-state index contributed by atoms with van der Waals surface area (Å²) in [5.41, 5.74) is 1.05. The molecule has 0 saturated carbocycles. The minimum absolute atomic E-state index is 0. The summed E-state index contributed by atoms with van der Waals surface area (Å²) in [4.78, 5) is 36.8. The molecule has 0 spiro atoms. The molecule has 1 aliphatic heterocycles. The maximum absolute atomic E-state index is 12.9. The Morgan fingerprint density at radius 2 is 1.65 bits per heavy atom. The van der Waals surface area contributed by atoms with E-state index in [2.05, 4.69) is 10.6 Å². The smallest absolute Gasteiger partial charge is 0.336 e. The van der Waals surface area contributed by atoms with E-state index >= 15 is 0 Å². The number of non-ortho nitro benzene ring substituents is 1. The van der Waals surface area contributed by atoms with Gasteiger partial charge in [0.2, 0.25) is 0 Å². The first-order valence-electron chi connectivity index (χ1n) is 13.2. The number of aliphatic hydroxyl groups is 1. The molecule has 1 heterocycles. The van der Waals surface area contributed by atoms with E-state index in [0.717, 1.165) is 0 Å². The number of benzene rings is 2. The first kappa shape index (κ1) is 34.8. The van der Waals surface area contributed by atoms with E-state index in [9.17, 15) is 24.8 Å². The molecule has 3 rings (SSSR count). The van der Waals surface area contributed by atoms with Crippen LogP contribution in [0.1, 0.15) is 25.3 Å². The van der Waals surface area contributed by atoms with Crippen LogP contribution in [0.25, 0.3) is 0 Å². The van der Waals surface area contributed by atoms with Crippen molar-refractivity contribution in [2.75, 3.05) is 40.5 Å². The lowest BCUT2D eigenvalue weighted by Gasteiger charge is -2.30. The van der Waals surface area contributed by atoms with Crippen molar-refractivity contribution in [3.8, 4) is 11.5 Å². The highest BCUT2D eigenvalue weighted by Gasteiger charge is 2.39. The number of nitrogens with zero attached hydrogens (tertiary/aromatic N) is 1. The first-order valence-corrected chi connectivity index (χ1v) is 13.2. The van der Waals surface area contributed by atoms with Crippen molar-refractivity contribution in [1.82, 2.24) is 10.6 Å². The number of nitro benzene ring substituents is 1. The molecule has 1 atom stereocenters. The topological polar surface area (TPSA) is 158 Å². The van der Waals surface area contributed by atoms with Crippen molar-refractivity contribution in [2.24, 2.45) is 0 Å². The lowest BCUT2D eigenvalue weighted by molar-refractivity contribution is -0.384. The molecule has 3 N–H and O–H groups in total. The molecule has 2 aromatic carbocycles. The Morgan fingerprint density at radius 1 is 1.02 bits per heavy atom. The maximum Gasteiger partial charge on any atom is 0.336 e. The summed E-state index contributed by atoms with van der Waals surface area (Å²) in [5, 5.41) is 27.8. The van der Waals surface area contributed by atoms with Gasteiger partial charge in [-0.05, 0) is 32.0 Å². The Kier molecular flexibility index (Phi) is 13.7. The highest BCUT2D eigenvalue weighted by molar-refractivity contribution is 6.00. The third-order valence-corrected chi connectivity index (χ3v) is 6.42. The Bertz CT molecular complexity index is 1340. The second-order valence-electron chi connectivity index (χ2n) is 9.32. The standard InChI is InChI=1S/C30H35N3O9.ClH/c1-19-26(29(35)39-3)28(27(20(2)32-19)30(36)40-4)24-16-21(33(37)38)12-13-25(24)41-15-9-8-14-31-17-22(34)18-42-23-10-6-5-7-11-23;/h5-13,16,22,28,31-32,34H,14-15,17-18H2,1-4H3;1H/b9-8+;. The van der Waals surface area contributed by atoms with Crippen molar-refractivity contribution < 1.29 is 38.6 Å². The Balaban J connectivity index is 0.00000645. The summed E-state index contributed by atoms with van der Waals surface area (Å²) >= 11 is 0. The van der Waals surface area contributed by atoms with Crippen LogP contribution >= 0.6 is 12.4 Å². The van der Waals surface area contributed by atoms with Crippen LogP contribution in [0.15, 0.2) is 83.2 Å². The third-order valence-electron chi connectivity index (χ3n) is 6.42. The number of nitro groups is 1. The number of hydrogen-bond acceptors (Lipinski definition) is 11. The van der Waals surface area contributed by atoms with Gasteiger partial charge in [-0.1, -0.05) is 30.4 Å². The molecule has 12 nitrogen and oxygen atoms in total. The largest absolute Gasteiger partial charge is 0.491 e. The second kappa shape index (κ2) is 16.9. The number of nitrogens with one attached hydrogen (secondary N) is 2. The highest BCUT2D eigenvalue weighted by Crippen LogP contribution is 2.44. The zero-order chi connectivity index (χ0) is 30.6. The summed E-state index contributed by atoms with van der Waals surface area (Å²) in [7, 11) is 2.42. The van der Waals surface area contributed by atoms with E-state index in [0.29, 0.717) is 30.2 Å². The predicted octanol–water partition coefficient (Wildman–Crippen LogP) is 3.56. The van der Waals surface area contributed by atoms with Crippen molar-refractivity contribution in [3.05, 3.63) is 98.9 Å². The van der Waals surface area contributed by atoms with Crippen LogP contribution in [0.3, 0.4) is 0 Å². The molecule has 0 bridgehead atoms. The van der Waals surface area contributed by atoms with Gasteiger partial charge < -0.3 is 34.7 Å². The summed E-state index contributed by atoms with van der Waals surface area (Å²) < 4.78 is 21.5. The maximum atomic E-state index is 12.9. The molecule has 0 saturated heterocycles. The number of ether oxygens (including phenoxy) is 4. The number of methoxy groups -OCH3 is 2. The number of allylic oxidation sites excluding steroid dienone is 2. The fourth-order valence-corrected chi connectivity index (χ4v) is 4.46. The summed E-state index contributed by atoms with van der Waals surface area (Å²) in [6.07, 6.45) is 2.83. The zero-order valence-electron chi connectivity index (χ0n) is 24.3. The zero-order valence-corrected chi connectivity index (χ0v) is 25.1. The average Bonchev–Trinajstić information content (AvgIpc) is 2.99. The molecule has 232 valence electrons. The molecule has 0 radical (unpaired) electrons. The van der Waals surface area contributed by atoms with Gasteiger partial charge in [-0.3, -0.25) is 10.1 Å². The van der Waals surface area contributed by atoms with E-state index in [1.54, 1.807) is 26.0 Å². The average molecular weight is 618 g/mol. The van der Waals surface area contributed by atoms with Gasteiger partial charge in [-0.2, -0.15) is 0 Å². The predicted molar refractivity (Wildman–Crippen MR) is 161 cm³/mol. The quantitative estimate of drug-likeness (QED) is 0.0935. The number of halogens is 1. The summed E-state index contributed by atoms with van der Waals surface area (Å²) in [6.45, 7) is 4.28. The summed E-state index contributed by atoms with van der Waals surface area (Å²) in [6, 6.07) is 13.2. The SMILES string of the molecule is COC(=O)C1=C(C)NC(C)=C(C(=O)OC)C1c1cc([N+](=O)[O-])ccc1OC/C=C/CNCC(O)COc1ccccc1.Cl. The van der Waals surface area contributed by atoms with Crippen molar-refractivity contribution in [1.29, 1.82) is 0 Å². The number of esters is 2. The minimum Gasteiger partial charge on any atom is -0.491 e. The van der Waals surface area contributed by atoms with Crippen LogP contribution in [-0.2, 0) is 19.1 Å². The number of para-hydroxylation sites is 1. The highest BCUT2D eigenvalue weighted by atomic mass is 35.5. The molecule has 0 aromatic heterocycles. The normalized spacial score (nSPS) is 14.1. The van der Waals surface area contributed by atoms with Crippen LogP contribution in [-0.4, -0.2) is 68.6 Å². The van der Waals surface area contributed by atoms with Crippen LogP contribution in [0.5, 0.6) is 11.5 Å². The fourth-order valence-electron chi connectivity index (χ4n) is 4.46. The fraction of sp³-hybridized carbons (Fsp3) is 0.333. The number of carbonyl (C=O) groups excluding carboxylic acids is 2. The van der Waals surface area contributed by atoms with E-state index in [1.165, 1.54) is 32.4 Å². The molecule has 43 heavy (non-hydrogen) atoms. The van der Waals surface area contributed by atoms with E-state index < -0.39 is 28.9 Å². The molecule has 0 fully saturated rings. The van der Waals surface area contributed by atoms with E-state index in [-0.39, 0.29) is 53.8 Å². The van der Waals surface area contributed by atoms with E-state index in [4.69, 9.17) is 18.9 Å². The van der Waals surface area contributed by atoms with Crippen LogP contribution in [0.2, 0.25) is 0 Å². The Morgan fingerprint density at radius 3 is 2.23 bits per heavy atom. The lowest BCUT2D eigenvalue weighted by Crippen LogP contribution is -2.32. The van der Waals surface area contributed by atoms with Crippen LogP contribution in [0, 0.1) is 10.1 Å². The van der Waals surface area contributed by atoms with Crippen LogP contribution < -0.4 is 20.1 Å². The molecule has 1 unspecified atom stereocenters. The van der Waals surface area contributed by atoms with Gasteiger partial charge in [-0.15, -0.1) is 12.4 Å². The Labute approximate surface area is 255 Å². The molecule has 0 amide bonds. The second-order valence-corrected chi connectivity index (χ2v) is 9.32. The Hall–Kier alpha value is -4.39. The van der Waals surface area contributed by atoms with Gasteiger partial charge in [0.25, 0.3) is 5.69 Å². The van der Waals surface area contributed by atoms with E-state index in [1.807, 2.05) is 30.3 Å². The van der Waals surface area contributed by atoms with Gasteiger partial charge in [0.05, 0.1) is 36.2 Å². The molecule has 13 heteroatoms. The number of aliphatic hydroxyl groups excluding tert-OH is 1. The number of rotatable bonds is 14. The third kappa shape index (κ3) is 9.30. The van der Waals surface area contributed by atoms with Crippen molar-refractivity contribution in [3.63, 3.8) is 0 Å². The lowest BCUT2D eigenvalue weighted by atomic mass is 9.80. The van der Waals surface area contributed by atoms with Crippen LogP contribution in [0.4, 0.5) is 5.69 Å². The molecular formula is C30H36ClN3O9. The van der Waals surface area contributed by atoms with Gasteiger partial charge in [-0.25, -0.2) is 9.59 Å². The van der Waals surface area contributed by atoms with Gasteiger partial charge in [0.1, 0.15) is 30.8 Å². The number of hydrogen-bond donors (Lipinski definition) is 3. The monoisotopic (exact) mass is 617 g/mol. The summed E-state index contributed by atoms with van der Waals surface area (Å²) in [5.74, 6) is -1.55. The van der Waals surface area contributed by atoms with Gasteiger partial charge in [0, 0.05) is 42.2 Å². The van der Waals surface area contributed by atoms with Gasteiger partial charge >= 0.3 is 11.9 Å². The number of dihydropyridines is 1. The first-order chi connectivity index (χ1) is 20.2. The molecule has 1 aliphatic rings.